The van der Waals surface area contributed by atoms with Gasteiger partial charge in [-0.3, -0.25) is 4.79 Å². The van der Waals surface area contributed by atoms with Gasteiger partial charge in [0.1, 0.15) is 23.1 Å². The van der Waals surface area contributed by atoms with E-state index in [0.717, 1.165) is 29.3 Å². The maximum absolute atomic E-state index is 13.6. The molecule has 8 nitrogen and oxygen atoms in total. The minimum absolute atomic E-state index is 0.0473. The monoisotopic (exact) mass is 572 g/mol. The van der Waals surface area contributed by atoms with E-state index < -0.39 is 29.6 Å². The zero-order valence-electron chi connectivity index (χ0n) is 24.7. The van der Waals surface area contributed by atoms with Crippen molar-refractivity contribution in [2.75, 3.05) is 0 Å². The summed E-state index contributed by atoms with van der Waals surface area (Å²) in [6.07, 6.45) is 8.86. The van der Waals surface area contributed by atoms with Crippen molar-refractivity contribution < 1.29 is 29.6 Å². The summed E-state index contributed by atoms with van der Waals surface area (Å²) < 4.78 is 6.47. The Labute approximate surface area is 246 Å². The fourth-order valence-electron chi connectivity index (χ4n) is 6.11. The van der Waals surface area contributed by atoms with Crippen molar-refractivity contribution in [3.05, 3.63) is 82.1 Å². The van der Waals surface area contributed by atoms with Crippen LogP contribution in [0.15, 0.2) is 59.8 Å². The molecule has 3 aromatic rings. The summed E-state index contributed by atoms with van der Waals surface area (Å²) >= 11 is 0. The molecule has 222 valence electrons. The number of carboxylic acid groups (broad SMARTS) is 1. The molecule has 3 heterocycles. The van der Waals surface area contributed by atoms with Gasteiger partial charge in [0.2, 0.25) is 0 Å². The second-order valence-corrected chi connectivity index (χ2v) is 12.1. The lowest BCUT2D eigenvalue weighted by molar-refractivity contribution is -0.142. The molecular formula is C34H40N2O6. The van der Waals surface area contributed by atoms with E-state index in [1.807, 2.05) is 31.2 Å². The first-order valence-corrected chi connectivity index (χ1v) is 14.6. The number of amides is 1. The van der Waals surface area contributed by atoms with E-state index >= 15 is 0 Å². The number of hydrogen-bond acceptors (Lipinski definition) is 5. The number of nitrogens with one attached hydrogen (secondary N) is 1. The molecule has 5 rings (SSSR count). The molecule has 1 aromatic heterocycles. The van der Waals surface area contributed by atoms with Crippen molar-refractivity contribution in [3.63, 3.8) is 0 Å². The van der Waals surface area contributed by atoms with Gasteiger partial charge in [0.05, 0.1) is 18.2 Å². The van der Waals surface area contributed by atoms with Crippen molar-refractivity contribution in [1.29, 1.82) is 0 Å². The molecule has 4 N–H and O–H groups in total. The molecule has 0 radical (unpaired) electrons. The zero-order chi connectivity index (χ0) is 30.2. The Morgan fingerprint density at radius 3 is 2.69 bits per heavy atom. The van der Waals surface area contributed by atoms with Crippen LogP contribution in [0.1, 0.15) is 80.4 Å². The number of allylic oxidation sites excluding steroid dienone is 4. The summed E-state index contributed by atoms with van der Waals surface area (Å²) in [4.78, 5) is 30.6. The Bertz CT molecular complexity index is 1580. The number of nitrogens with zero attached hydrogens (tertiary/aromatic N) is 1. The SMILES string of the molecule is CC(C)=CCC/C(C)=C/CC[C@@]1(C)Oc2c(c(O)cc3c2CN(C(Cc2c[nH]c4ccccc24)C(=O)O)C3=O)C[C@H]1O. The number of aliphatic hydroxyl groups excluding tert-OH is 1. The molecular weight excluding hydrogens is 532 g/mol. The number of carbonyl (C=O) groups is 2. The van der Waals surface area contributed by atoms with Crippen molar-refractivity contribution in [1.82, 2.24) is 9.88 Å². The Balaban J connectivity index is 1.38. The molecule has 0 saturated heterocycles. The fraction of sp³-hybridized carbons (Fsp3) is 0.412. The van der Waals surface area contributed by atoms with Crippen LogP contribution >= 0.6 is 0 Å². The van der Waals surface area contributed by atoms with Crippen LogP contribution in [0.3, 0.4) is 0 Å². The van der Waals surface area contributed by atoms with E-state index in [-0.39, 0.29) is 30.7 Å². The van der Waals surface area contributed by atoms with Crippen molar-refractivity contribution in [2.45, 2.75) is 90.5 Å². The van der Waals surface area contributed by atoms with Crippen LogP contribution in [-0.2, 0) is 24.2 Å². The topological polar surface area (TPSA) is 123 Å². The second kappa shape index (κ2) is 11.7. The van der Waals surface area contributed by atoms with E-state index in [4.69, 9.17) is 4.74 Å². The van der Waals surface area contributed by atoms with Gasteiger partial charge < -0.3 is 29.9 Å². The molecule has 0 spiro atoms. The molecule has 0 fully saturated rings. The van der Waals surface area contributed by atoms with Crippen LogP contribution in [0.25, 0.3) is 10.9 Å². The molecule has 2 aromatic carbocycles. The average molecular weight is 573 g/mol. The highest BCUT2D eigenvalue weighted by Crippen LogP contribution is 2.46. The standard InChI is InChI=1S/C34H40N2O6/c1-20(2)9-7-10-21(3)11-8-14-34(4)30(38)17-25-29(37)16-24-26(31(25)42-34)19-36(32(24)39)28(33(40)41)15-22-18-35-27-13-6-5-12-23(22)27/h5-6,9,11-13,16,18,28,30,35,37-38H,7-8,10,14-15,17,19H2,1-4H3,(H,40,41)/b21-11+/t28?,30-,34-/m1/s1. The molecule has 2 aliphatic rings. The number of aliphatic hydroxyl groups is 1. The zero-order valence-corrected chi connectivity index (χ0v) is 24.7. The molecule has 1 unspecified atom stereocenters. The van der Waals surface area contributed by atoms with Gasteiger partial charge >= 0.3 is 5.97 Å². The Morgan fingerprint density at radius 2 is 1.95 bits per heavy atom. The largest absolute Gasteiger partial charge is 0.508 e. The van der Waals surface area contributed by atoms with Gasteiger partial charge in [-0.2, -0.15) is 0 Å². The maximum Gasteiger partial charge on any atom is 0.326 e. The highest BCUT2D eigenvalue weighted by Gasteiger charge is 2.45. The number of benzene rings is 2. The number of aromatic hydroxyl groups is 1. The lowest BCUT2D eigenvalue weighted by Gasteiger charge is -2.41. The number of aromatic amines is 1. The number of hydrogen-bond donors (Lipinski definition) is 4. The van der Waals surface area contributed by atoms with Crippen LogP contribution in [0.5, 0.6) is 11.5 Å². The van der Waals surface area contributed by atoms with Crippen LogP contribution in [0.4, 0.5) is 0 Å². The first kappa shape index (κ1) is 29.5. The third-order valence-electron chi connectivity index (χ3n) is 8.70. The number of aliphatic carboxylic acids is 1. The van der Waals surface area contributed by atoms with Gasteiger partial charge in [0.25, 0.3) is 5.91 Å². The molecule has 0 aliphatic carbocycles. The second-order valence-electron chi connectivity index (χ2n) is 12.1. The van der Waals surface area contributed by atoms with Crippen LogP contribution < -0.4 is 4.74 Å². The Hall–Kier alpha value is -4.04. The van der Waals surface area contributed by atoms with E-state index in [9.17, 15) is 24.9 Å². The highest BCUT2D eigenvalue weighted by molar-refractivity contribution is 6.02. The Kier molecular flexibility index (Phi) is 8.19. The predicted molar refractivity (Wildman–Crippen MR) is 162 cm³/mol. The molecule has 42 heavy (non-hydrogen) atoms. The number of aromatic nitrogens is 1. The highest BCUT2D eigenvalue weighted by atomic mass is 16.5. The Morgan fingerprint density at radius 1 is 1.19 bits per heavy atom. The van der Waals surface area contributed by atoms with Crippen molar-refractivity contribution >= 4 is 22.8 Å². The minimum Gasteiger partial charge on any atom is -0.508 e. The van der Waals surface area contributed by atoms with Gasteiger partial charge in [0.15, 0.2) is 0 Å². The number of rotatable bonds is 10. The minimum atomic E-state index is -1.11. The first-order chi connectivity index (χ1) is 20.0. The number of phenols is 1. The molecule has 0 bridgehead atoms. The molecule has 1 amide bonds. The van der Waals surface area contributed by atoms with Gasteiger partial charge in [-0.25, -0.2) is 4.79 Å². The summed E-state index contributed by atoms with van der Waals surface area (Å²) in [6, 6.07) is 7.92. The van der Waals surface area contributed by atoms with Gasteiger partial charge in [-0.15, -0.1) is 0 Å². The van der Waals surface area contributed by atoms with E-state index in [1.54, 1.807) is 6.20 Å². The quantitative estimate of drug-likeness (QED) is 0.219. The summed E-state index contributed by atoms with van der Waals surface area (Å²) in [5, 5.41) is 33.1. The van der Waals surface area contributed by atoms with Crippen LogP contribution in [0.2, 0.25) is 0 Å². The lowest BCUT2D eigenvalue weighted by Crippen LogP contribution is -2.49. The molecule has 3 atom stereocenters. The fourth-order valence-corrected chi connectivity index (χ4v) is 6.11. The number of carboxylic acids is 1. The number of phenolic OH excluding ortho intramolecular Hbond substituents is 1. The van der Waals surface area contributed by atoms with Crippen molar-refractivity contribution in [3.8, 4) is 11.5 Å². The van der Waals surface area contributed by atoms with E-state index in [2.05, 4.69) is 37.9 Å². The summed E-state index contributed by atoms with van der Waals surface area (Å²) in [7, 11) is 0. The van der Waals surface area contributed by atoms with Crippen LogP contribution in [0, 0.1) is 0 Å². The number of fused-ring (bicyclic) bond motifs is 4. The van der Waals surface area contributed by atoms with Crippen LogP contribution in [-0.4, -0.2) is 54.8 Å². The maximum atomic E-state index is 13.6. The predicted octanol–water partition coefficient (Wildman–Crippen LogP) is 6.05. The lowest BCUT2D eigenvalue weighted by atomic mass is 9.84. The van der Waals surface area contributed by atoms with E-state index in [0.29, 0.717) is 29.7 Å². The third kappa shape index (κ3) is 5.68. The summed E-state index contributed by atoms with van der Waals surface area (Å²) in [5.74, 6) is -1.30. The third-order valence-corrected chi connectivity index (χ3v) is 8.70. The van der Waals surface area contributed by atoms with E-state index in [1.165, 1.54) is 22.1 Å². The van der Waals surface area contributed by atoms with Crippen molar-refractivity contribution in [2.24, 2.45) is 0 Å². The molecule has 8 heteroatoms. The number of ether oxygens (including phenoxy) is 1. The molecule has 0 saturated carbocycles. The number of carbonyl (C=O) groups excluding carboxylic acids is 1. The number of H-pyrrole nitrogens is 1. The first-order valence-electron chi connectivity index (χ1n) is 14.6. The summed E-state index contributed by atoms with van der Waals surface area (Å²) in [6.45, 7) is 8.19. The normalized spacial score (nSPS) is 20.7. The van der Waals surface area contributed by atoms with Gasteiger partial charge in [-0.05, 0) is 71.1 Å². The summed E-state index contributed by atoms with van der Waals surface area (Å²) in [5.41, 5.74) is 4.60. The smallest absolute Gasteiger partial charge is 0.326 e. The molecule has 2 aliphatic heterocycles. The average Bonchev–Trinajstić information content (AvgIpc) is 3.49. The number of para-hydroxylation sites is 1. The van der Waals surface area contributed by atoms with Gasteiger partial charge in [0, 0.05) is 41.1 Å². The van der Waals surface area contributed by atoms with Gasteiger partial charge in [-0.1, -0.05) is 41.5 Å².